The summed E-state index contributed by atoms with van der Waals surface area (Å²) in [6, 6.07) is 10.1. The summed E-state index contributed by atoms with van der Waals surface area (Å²) in [4.78, 5) is 12.6. The van der Waals surface area contributed by atoms with Crippen molar-refractivity contribution < 1.29 is 4.79 Å². The third-order valence-electron chi connectivity index (χ3n) is 2.18. The molecule has 14 heavy (non-hydrogen) atoms. The van der Waals surface area contributed by atoms with Gasteiger partial charge in [-0.2, -0.15) is 0 Å². The lowest BCUT2D eigenvalue weighted by atomic mass is 10.2. The Bertz CT molecular complexity index is 258. The van der Waals surface area contributed by atoms with Crippen LogP contribution in [0.15, 0.2) is 30.3 Å². The minimum atomic E-state index is 0.727. The fourth-order valence-electron chi connectivity index (χ4n) is 1.35. The highest BCUT2D eigenvalue weighted by atomic mass is 16.1. The average Bonchev–Trinajstić information content (AvgIpc) is 2.25. The van der Waals surface area contributed by atoms with Crippen LogP contribution in [0.4, 0.5) is 0 Å². The van der Waals surface area contributed by atoms with Crippen molar-refractivity contribution in [1.82, 2.24) is 4.90 Å². The van der Waals surface area contributed by atoms with Crippen molar-refractivity contribution in [3.8, 4) is 0 Å². The smallest absolute Gasteiger partial charge is 0.210 e. The zero-order valence-electron chi connectivity index (χ0n) is 8.65. The van der Waals surface area contributed by atoms with Gasteiger partial charge >= 0.3 is 0 Å². The third kappa shape index (κ3) is 3.60. The van der Waals surface area contributed by atoms with Crippen molar-refractivity contribution in [3.05, 3.63) is 35.9 Å². The molecule has 0 aliphatic carbocycles. The Balaban J connectivity index is 2.44. The quantitative estimate of drug-likeness (QED) is 0.632. The Labute approximate surface area is 85.5 Å². The van der Waals surface area contributed by atoms with E-state index in [1.807, 2.05) is 35.2 Å². The number of carbonyl (C=O) groups excluding carboxylic acids is 1. The van der Waals surface area contributed by atoms with Gasteiger partial charge in [-0.1, -0.05) is 43.7 Å². The molecule has 0 atom stereocenters. The van der Waals surface area contributed by atoms with E-state index in [1.165, 1.54) is 5.56 Å². The normalized spacial score (nSPS) is 9.79. The van der Waals surface area contributed by atoms with E-state index in [0.29, 0.717) is 0 Å². The predicted molar refractivity (Wildman–Crippen MR) is 57.8 cm³/mol. The highest BCUT2D eigenvalue weighted by Crippen LogP contribution is 2.03. The summed E-state index contributed by atoms with van der Waals surface area (Å²) in [7, 11) is 0. The molecule has 0 saturated heterocycles. The van der Waals surface area contributed by atoms with E-state index in [0.717, 1.165) is 32.3 Å². The Morgan fingerprint density at radius 3 is 2.57 bits per heavy atom. The van der Waals surface area contributed by atoms with Gasteiger partial charge in [-0.3, -0.25) is 4.79 Å². The first-order chi connectivity index (χ1) is 6.86. The van der Waals surface area contributed by atoms with Crippen LogP contribution in [0.25, 0.3) is 0 Å². The molecule has 0 N–H and O–H groups in total. The molecule has 0 heterocycles. The Hall–Kier alpha value is -1.31. The SMILES string of the molecule is CCCCN(C=O)Cc1ccccc1. The van der Waals surface area contributed by atoms with E-state index < -0.39 is 0 Å². The lowest BCUT2D eigenvalue weighted by Gasteiger charge is -2.16. The maximum Gasteiger partial charge on any atom is 0.210 e. The number of rotatable bonds is 6. The van der Waals surface area contributed by atoms with Gasteiger partial charge in [0.15, 0.2) is 0 Å². The maximum absolute atomic E-state index is 10.7. The summed E-state index contributed by atoms with van der Waals surface area (Å²) in [6.07, 6.45) is 3.13. The van der Waals surface area contributed by atoms with Crippen LogP contribution in [-0.4, -0.2) is 17.9 Å². The molecule has 1 aromatic carbocycles. The molecule has 2 heteroatoms. The predicted octanol–water partition coefficient (Wildman–Crippen LogP) is 2.45. The lowest BCUT2D eigenvalue weighted by Crippen LogP contribution is -2.22. The molecule has 0 bridgehead atoms. The minimum Gasteiger partial charge on any atom is -0.341 e. The van der Waals surface area contributed by atoms with Gasteiger partial charge in [0.25, 0.3) is 0 Å². The monoisotopic (exact) mass is 191 g/mol. The Morgan fingerprint density at radius 2 is 2.00 bits per heavy atom. The lowest BCUT2D eigenvalue weighted by molar-refractivity contribution is -0.118. The van der Waals surface area contributed by atoms with Crippen LogP contribution < -0.4 is 0 Å². The number of hydrogen-bond donors (Lipinski definition) is 0. The number of carbonyl (C=O) groups is 1. The average molecular weight is 191 g/mol. The molecule has 0 unspecified atom stereocenters. The number of amides is 1. The molecule has 0 saturated carbocycles. The summed E-state index contributed by atoms with van der Waals surface area (Å²) in [6.45, 7) is 3.71. The van der Waals surface area contributed by atoms with Gasteiger partial charge in [0.1, 0.15) is 0 Å². The second kappa shape index (κ2) is 6.19. The zero-order chi connectivity index (χ0) is 10.2. The fraction of sp³-hybridized carbons (Fsp3) is 0.417. The van der Waals surface area contributed by atoms with Gasteiger partial charge in [0.2, 0.25) is 6.41 Å². The van der Waals surface area contributed by atoms with Crippen LogP contribution in [0.2, 0.25) is 0 Å². The van der Waals surface area contributed by atoms with Crippen molar-refractivity contribution in [3.63, 3.8) is 0 Å². The van der Waals surface area contributed by atoms with Crippen molar-refractivity contribution in [2.24, 2.45) is 0 Å². The molecule has 1 amide bonds. The first-order valence-corrected chi connectivity index (χ1v) is 5.10. The van der Waals surface area contributed by atoms with E-state index >= 15 is 0 Å². The molecule has 1 rings (SSSR count). The fourth-order valence-corrected chi connectivity index (χ4v) is 1.35. The van der Waals surface area contributed by atoms with Gasteiger partial charge < -0.3 is 4.90 Å². The van der Waals surface area contributed by atoms with Crippen LogP contribution in [0.1, 0.15) is 25.3 Å². The van der Waals surface area contributed by atoms with Crippen molar-refractivity contribution >= 4 is 6.41 Å². The van der Waals surface area contributed by atoms with E-state index in [2.05, 4.69) is 6.92 Å². The van der Waals surface area contributed by atoms with Gasteiger partial charge in [0, 0.05) is 13.1 Å². The first-order valence-electron chi connectivity index (χ1n) is 5.10. The second-order valence-electron chi connectivity index (χ2n) is 3.42. The number of unbranched alkanes of at least 4 members (excludes halogenated alkanes) is 1. The van der Waals surface area contributed by atoms with Gasteiger partial charge in [-0.25, -0.2) is 0 Å². The molecule has 0 aliphatic heterocycles. The molecule has 1 aromatic rings. The summed E-state index contributed by atoms with van der Waals surface area (Å²) in [5, 5.41) is 0. The zero-order valence-corrected chi connectivity index (χ0v) is 8.65. The minimum absolute atomic E-state index is 0.727. The van der Waals surface area contributed by atoms with Crippen LogP contribution in [0.5, 0.6) is 0 Å². The summed E-state index contributed by atoms with van der Waals surface area (Å²) < 4.78 is 0. The first kappa shape index (κ1) is 10.8. The van der Waals surface area contributed by atoms with Gasteiger partial charge in [0.05, 0.1) is 0 Å². The van der Waals surface area contributed by atoms with Crippen LogP contribution in [0.3, 0.4) is 0 Å². The van der Waals surface area contributed by atoms with Crippen molar-refractivity contribution in [2.75, 3.05) is 6.54 Å². The van der Waals surface area contributed by atoms with Gasteiger partial charge in [-0.05, 0) is 12.0 Å². The maximum atomic E-state index is 10.7. The summed E-state index contributed by atoms with van der Waals surface area (Å²) in [5.74, 6) is 0. The summed E-state index contributed by atoms with van der Waals surface area (Å²) in [5.41, 5.74) is 1.19. The topological polar surface area (TPSA) is 20.3 Å². The molecule has 0 spiro atoms. The summed E-state index contributed by atoms with van der Waals surface area (Å²) >= 11 is 0. The Kier molecular flexibility index (Phi) is 4.76. The van der Waals surface area contributed by atoms with Crippen LogP contribution >= 0.6 is 0 Å². The van der Waals surface area contributed by atoms with Crippen LogP contribution in [-0.2, 0) is 11.3 Å². The standard InChI is InChI=1S/C12H17NO/c1-2-3-9-13(11-14)10-12-7-5-4-6-8-12/h4-8,11H,2-3,9-10H2,1H3. The van der Waals surface area contributed by atoms with Crippen LogP contribution in [0, 0.1) is 0 Å². The second-order valence-corrected chi connectivity index (χ2v) is 3.42. The van der Waals surface area contributed by atoms with E-state index in [9.17, 15) is 4.79 Å². The Morgan fingerprint density at radius 1 is 1.29 bits per heavy atom. The molecule has 0 aliphatic rings. The van der Waals surface area contributed by atoms with E-state index in [4.69, 9.17) is 0 Å². The molecule has 0 aromatic heterocycles. The van der Waals surface area contributed by atoms with E-state index in [1.54, 1.807) is 0 Å². The van der Waals surface area contributed by atoms with Crippen molar-refractivity contribution in [1.29, 1.82) is 0 Å². The molecule has 2 nitrogen and oxygen atoms in total. The highest BCUT2D eigenvalue weighted by molar-refractivity contribution is 5.47. The molecular formula is C12H17NO. The molecule has 0 radical (unpaired) electrons. The van der Waals surface area contributed by atoms with Crippen molar-refractivity contribution in [2.45, 2.75) is 26.3 Å². The third-order valence-corrected chi connectivity index (χ3v) is 2.18. The molecular weight excluding hydrogens is 174 g/mol. The van der Waals surface area contributed by atoms with E-state index in [-0.39, 0.29) is 0 Å². The number of nitrogens with zero attached hydrogens (tertiary/aromatic N) is 1. The van der Waals surface area contributed by atoms with Gasteiger partial charge in [-0.15, -0.1) is 0 Å². The number of benzene rings is 1. The largest absolute Gasteiger partial charge is 0.341 e. The molecule has 76 valence electrons. The number of hydrogen-bond acceptors (Lipinski definition) is 1. The molecule has 0 fully saturated rings. The highest BCUT2D eigenvalue weighted by Gasteiger charge is 2.00.